The van der Waals surface area contributed by atoms with Crippen LogP contribution in [0.1, 0.15) is 12.6 Å². The van der Waals surface area contributed by atoms with Gasteiger partial charge in [0.15, 0.2) is 0 Å². The number of aromatic nitrogens is 3. The minimum atomic E-state index is 0. The van der Waals surface area contributed by atoms with Crippen molar-refractivity contribution in [2.75, 3.05) is 13.6 Å². The van der Waals surface area contributed by atoms with Gasteiger partial charge < -0.3 is 5.73 Å². The van der Waals surface area contributed by atoms with Crippen LogP contribution in [-0.2, 0) is 6.54 Å². The van der Waals surface area contributed by atoms with E-state index in [0.29, 0.717) is 0 Å². The van der Waals surface area contributed by atoms with Crippen LogP contribution in [0.5, 0.6) is 0 Å². The second-order valence-corrected chi connectivity index (χ2v) is 4.63. The highest BCUT2D eigenvalue weighted by molar-refractivity contribution is 5.85. The molecule has 0 fully saturated rings. The molecule has 0 aliphatic heterocycles. The first-order chi connectivity index (χ1) is 8.65. The van der Waals surface area contributed by atoms with Crippen LogP contribution in [0.25, 0.3) is 5.69 Å². The number of nitrogens with two attached hydrogens (primary N) is 1. The first kappa shape index (κ1) is 15.6. The molecule has 19 heavy (non-hydrogen) atoms. The molecule has 2 rings (SSSR count). The molecule has 2 N–H and O–H groups in total. The van der Waals surface area contributed by atoms with Gasteiger partial charge in [0.25, 0.3) is 0 Å². The SMILES string of the molecule is CC(N)CN(C)Cc1cnn(-c2ccccc2)n1.Cl. The van der Waals surface area contributed by atoms with Gasteiger partial charge in [0.05, 0.1) is 17.6 Å². The van der Waals surface area contributed by atoms with Gasteiger partial charge in [-0.15, -0.1) is 12.4 Å². The molecule has 1 unspecified atom stereocenters. The van der Waals surface area contributed by atoms with E-state index in [0.717, 1.165) is 24.5 Å². The summed E-state index contributed by atoms with van der Waals surface area (Å²) in [4.78, 5) is 3.79. The number of hydrogen-bond donors (Lipinski definition) is 1. The lowest BCUT2D eigenvalue weighted by molar-refractivity contribution is 0.306. The Kier molecular flexibility index (Phi) is 5.95. The molecule has 1 atom stereocenters. The third-order valence-corrected chi connectivity index (χ3v) is 2.56. The summed E-state index contributed by atoms with van der Waals surface area (Å²) in [6.45, 7) is 3.60. The van der Waals surface area contributed by atoms with E-state index in [-0.39, 0.29) is 18.4 Å². The number of nitrogens with zero attached hydrogens (tertiary/aromatic N) is 4. The fourth-order valence-electron chi connectivity index (χ4n) is 1.89. The Balaban J connectivity index is 0.00000180. The van der Waals surface area contributed by atoms with Crippen molar-refractivity contribution in [3.05, 3.63) is 42.2 Å². The van der Waals surface area contributed by atoms with E-state index >= 15 is 0 Å². The van der Waals surface area contributed by atoms with Gasteiger partial charge in [-0.2, -0.15) is 15.0 Å². The smallest absolute Gasteiger partial charge is 0.0971 e. The Labute approximate surface area is 119 Å². The summed E-state index contributed by atoms with van der Waals surface area (Å²) >= 11 is 0. The van der Waals surface area contributed by atoms with E-state index in [1.807, 2.05) is 44.3 Å². The molecule has 1 heterocycles. The maximum absolute atomic E-state index is 5.76. The van der Waals surface area contributed by atoms with Crippen molar-refractivity contribution in [3.8, 4) is 5.69 Å². The summed E-state index contributed by atoms with van der Waals surface area (Å²) in [7, 11) is 2.03. The Morgan fingerprint density at radius 2 is 2.00 bits per heavy atom. The number of benzene rings is 1. The van der Waals surface area contributed by atoms with Gasteiger partial charge in [-0.3, -0.25) is 4.90 Å². The van der Waals surface area contributed by atoms with Crippen molar-refractivity contribution in [3.63, 3.8) is 0 Å². The Morgan fingerprint density at radius 3 is 2.63 bits per heavy atom. The van der Waals surface area contributed by atoms with Gasteiger partial charge in [0.2, 0.25) is 0 Å². The fourth-order valence-corrected chi connectivity index (χ4v) is 1.89. The zero-order chi connectivity index (χ0) is 13.0. The predicted molar refractivity (Wildman–Crippen MR) is 78.6 cm³/mol. The van der Waals surface area contributed by atoms with E-state index < -0.39 is 0 Å². The van der Waals surface area contributed by atoms with E-state index in [1.165, 1.54) is 0 Å². The number of hydrogen-bond acceptors (Lipinski definition) is 4. The lowest BCUT2D eigenvalue weighted by atomic mass is 10.3. The number of halogens is 1. The average Bonchev–Trinajstić information content (AvgIpc) is 2.77. The largest absolute Gasteiger partial charge is 0.327 e. The van der Waals surface area contributed by atoms with Crippen LogP contribution in [0.15, 0.2) is 36.5 Å². The quantitative estimate of drug-likeness (QED) is 0.902. The second kappa shape index (κ2) is 7.23. The number of likely N-dealkylation sites (N-methyl/N-ethyl adjacent to an activating group) is 1. The van der Waals surface area contributed by atoms with Crippen LogP contribution in [0.2, 0.25) is 0 Å². The van der Waals surface area contributed by atoms with Crippen molar-refractivity contribution in [2.45, 2.75) is 19.5 Å². The zero-order valence-corrected chi connectivity index (χ0v) is 12.0. The lowest BCUT2D eigenvalue weighted by Crippen LogP contribution is -2.32. The molecule has 5 nitrogen and oxygen atoms in total. The van der Waals surface area contributed by atoms with Gasteiger partial charge in [-0.1, -0.05) is 18.2 Å². The van der Waals surface area contributed by atoms with E-state index in [4.69, 9.17) is 5.73 Å². The van der Waals surface area contributed by atoms with Crippen LogP contribution < -0.4 is 5.73 Å². The van der Waals surface area contributed by atoms with E-state index in [2.05, 4.69) is 15.1 Å². The second-order valence-electron chi connectivity index (χ2n) is 4.63. The van der Waals surface area contributed by atoms with E-state index in [9.17, 15) is 0 Å². The summed E-state index contributed by atoms with van der Waals surface area (Å²) in [6.07, 6.45) is 1.80. The van der Waals surface area contributed by atoms with Gasteiger partial charge in [-0.25, -0.2) is 0 Å². The third-order valence-electron chi connectivity index (χ3n) is 2.56. The monoisotopic (exact) mass is 281 g/mol. The Morgan fingerprint density at radius 1 is 1.32 bits per heavy atom. The Hall–Kier alpha value is -1.43. The highest BCUT2D eigenvalue weighted by Gasteiger charge is 2.07. The highest BCUT2D eigenvalue weighted by atomic mass is 35.5. The van der Waals surface area contributed by atoms with Crippen LogP contribution in [0, 0.1) is 0 Å². The summed E-state index contributed by atoms with van der Waals surface area (Å²) in [5, 5.41) is 8.72. The fraction of sp³-hybridized carbons (Fsp3) is 0.385. The molecular formula is C13H20ClN5. The van der Waals surface area contributed by atoms with Gasteiger partial charge in [-0.05, 0) is 26.1 Å². The maximum atomic E-state index is 5.76. The predicted octanol–water partition coefficient (Wildman–Crippen LogP) is 1.47. The molecule has 1 aromatic carbocycles. The first-order valence-electron chi connectivity index (χ1n) is 6.06. The van der Waals surface area contributed by atoms with Crippen LogP contribution in [0.3, 0.4) is 0 Å². The maximum Gasteiger partial charge on any atom is 0.0971 e. The summed E-state index contributed by atoms with van der Waals surface area (Å²) < 4.78 is 0. The lowest BCUT2D eigenvalue weighted by Gasteiger charge is -2.16. The molecule has 6 heteroatoms. The molecule has 104 valence electrons. The van der Waals surface area contributed by atoms with Crippen LogP contribution in [0.4, 0.5) is 0 Å². The highest BCUT2D eigenvalue weighted by Crippen LogP contribution is 2.05. The molecule has 0 saturated heterocycles. The van der Waals surface area contributed by atoms with Crippen LogP contribution >= 0.6 is 12.4 Å². The van der Waals surface area contributed by atoms with Crippen molar-refractivity contribution in [1.82, 2.24) is 19.9 Å². The molecule has 0 saturated carbocycles. The molecule has 0 radical (unpaired) electrons. The molecule has 0 bridgehead atoms. The summed E-state index contributed by atoms with van der Waals surface area (Å²) in [5.74, 6) is 0. The molecule has 0 aliphatic carbocycles. The van der Waals surface area contributed by atoms with Crippen molar-refractivity contribution < 1.29 is 0 Å². The zero-order valence-electron chi connectivity index (χ0n) is 11.2. The van der Waals surface area contributed by atoms with Crippen molar-refractivity contribution >= 4 is 12.4 Å². The molecule has 0 aliphatic rings. The number of rotatable bonds is 5. The number of para-hydroxylation sites is 1. The van der Waals surface area contributed by atoms with Gasteiger partial charge in [0.1, 0.15) is 0 Å². The standard InChI is InChI=1S/C13H19N5.ClH/c1-11(14)9-17(2)10-12-8-15-18(16-12)13-6-4-3-5-7-13;/h3-8,11H,9-10,14H2,1-2H3;1H. The average molecular weight is 282 g/mol. The minimum absolute atomic E-state index is 0. The Bertz CT molecular complexity index is 483. The summed E-state index contributed by atoms with van der Waals surface area (Å²) in [6, 6.07) is 10.1. The van der Waals surface area contributed by atoms with E-state index in [1.54, 1.807) is 11.0 Å². The van der Waals surface area contributed by atoms with Gasteiger partial charge in [0, 0.05) is 19.1 Å². The molecule has 0 amide bonds. The molecular weight excluding hydrogens is 262 g/mol. The van der Waals surface area contributed by atoms with Crippen LogP contribution in [-0.4, -0.2) is 39.5 Å². The third kappa shape index (κ3) is 4.63. The summed E-state index contributed by atoms with van der Waals surface area (Å²) in [5.41, 5.74) is 7.68. The first-order valence-corrected chi connectivity index (χ1v) is 6.06. The normalized spacial score (nSPS) is 12.2. The minimum Gasteiger partial charge on any atom is -0.327 e. The molecule has 2 aromatic rings. The van der Waals surface area contributed by atoms with Crippen molar-refractivity contribution in [1.29, 1.82) is 0 Å². The van der Waals surface area contributed by atoms with Crippen molar-refractivity contribution in [2.24, 2.45) is 5.73 Å². The van der Waals surface area contributed by atoms with Gasteiger partial charge >= 0.3 is 0 Å². The molecule has 1 aromatic heterocycles. The topological polar surface area (TPSA) is 60.0 Å². The molecule has 0 spiro atoms.